The molecule has 0 spiro atoms. The molecule has 172 valence electrons. The van der Waals surface area contributed by atoms with E-state index < -0.39 is 29.9 Å². The van der Waals surface area contributed by atoms with Gasteiger partial charge in [-0.15, -0.1) is 0 Å². The predicted octanol–water partition coefficient (Wildman–Crippen LogP) is 2.07. The summed E-state index contributed by atoms with van der Waals surface area (Å²) in [5.74, 6) is 1.41. The van der Waals surface area contributed by atoms with Gasteiger partial charge in [0.15, 0.2) is 23.0 Å². The Morgan fingerprint density at radius 3 is 2.55 bits per heavy atom. The van der Waals surface area contributed by atoms with Crippen LogP contribution in [0.5, 0.6) is 23.0 Å². The number of anilines is 1. The van der Waals surface area contributed by atoms with Gasteiger partial charge in [-0.25, -0.2) is 4.79 Å². The van der Waals surface area contributed by atoms with E-state index in [0.29, 0.717) is 41.9 Å². The number of amides is 4. The van der Waals surface area contributed by atoms with E-state index in [0.717, 1.165) is 16.9 Å². The molecule has 0 aromatic heterocycles. The molecule has 33 heavy (non-hydrogen) atoms. The van der Waals surface area contributed by atoms with E-state index in [1.54, 1.807) is 37.3 Å². The number of nitrogens with zero attached hydrogens (tertiary/aromatic N) is 1. The van der Waals surface area contributed by atoms with Crippen molar-refractivity contribution in [2.24, 2.45) is 0 Å². The first kappa shape index (κ1) is 20.9. The third-order valence-electron chi connectivity index (χ3n) is 5.67. The second kappa shape index (κ2) is 8.19. The molecule has 0 radical (unpaired) electrons. The summed E-state index contributed by atoms with van der Waals surface area (Å²) in [6.07, 6.45) is 1.02. The molecular formula is C23H23N3O7. The summed E-state index contributed by atoms with van der Waals surface area (Å²) in [5.41, 5.74) is 0.105. The van der Waals surface area contributed by atoms with Gasteiger partial charge in [0.25, 0.3) is 5.91 Å². The molecule has 5 rings (SSSR count). The van der Waals surface area contributed by atoms with Crippen molar-refractivity contribution in [3.63, 3.8) is 0 Å². The van der Waals surface area contributed by atoms with Gasteiger partial charge in [0.05, 0.1) is 13.2 Å². The molecule has 0 unspecified atom stereocenters. The third kappa shape index (κ3) is 4.11. The maximum atomic E-state index is 13.1. The minimum atomic E-state index is -1.18. The highest BCUT2D eigenvalue weighted by Crippen LogP contribution is 2.34. The van der Waals surface area contributed by atoms with Gasteiger partial charge in [0.2, 0.25) is 12.7 Å². The zero-order valence-electron chi connectivity index (χ0n) is 18.0. The molecule has 2 aromatic rings. The smallest absolute Gasteiger partial charge is 0.325 e. The Labute approximate surface area is 189 Å². The van der Waals surface area contributed by atoms with Crippen LogP contribution in [0.3, 0.4) is 0 Å². The molecular weight excluding hydrogens is 430 g/mol. The topological polar surface area (TPSA) is 115 Å². The Bertz CT molecular complexity index is 1140. The van der Waals surface area contributed by atoms with Crippen LogP contribution in [-0.2, 0) is 16.0 Å². The molecule has 0 saturated carbocycles. The van der Waals surface area contributed by atoms with E-state index in [9.17, 15) is 14.4 Å². The fraction of sp³-hybridized carbons (Fsp3) is 0.348. The first-order chi connectivity index (χ1) is 15.9. The van der Waals surface area contributed by atoms with Crippen LogP contribution in [0.4, 0.5) is 10.5 Å². The minimum Gasteiger partial charge on any atom is -0.490 e. The lowest BCUT2D eigenvalue weighted by Crippen LogP contribution is -2.46. The number of nitrogens with one attached hydrogen (secondary N) is 2. The van der Waals surface area contributed by atoms with E-state index in [-0.39, 0.29) is 13.2 Å². The highest BCUT2D eigenvalue weighted by Gasteiger charge is 2.48. The van der Waals surface area contributed by atoms with Crippen molar-refractivity contribution in [1.82, 2.24) is 10.2 Å². The van der Waals surface area contributed by atoms with Crippen molar-refractivity contribution in [2.75, 3.05) is 31.9 Å². The second-order valence-corrected chi connectivity index (χ2v) is 8.28. The van der Waals surface area contributed by atoms with Crippen LogP contribution in [0.15, 0.2) is 36.4 Å². The van der Waals surface area contributed by atoms with Crippen molar-refractivity contribution in [3.8, 4) is 23.0 Å². The summed E-state index contributed by atoms with van der Waals surface area (Å²) >= 11 is 0. The number of carbonyl (C=O) groups excluding carboxylic acids is 3. The molecule has 1 atom stereocenters. The monoisotopic (exact) mass is 453 g/mol. The summed E-state index contributed by atoms with van der Waals surface area (Å²) in [6, 6.07) is 9.81. The molecule has 10 nitrogen and oxygen atoms in total. The maximum absolute atomic E-state index is 13.1. The first-order valence-corrected chi connectivity index (χ1v) is 10.6. The molecule has 3 aliphatic heterocycles. The molecule has 1 fully saturated rings. The number of fused-ring (bicyclic) bond motifs is 2. The number of hydrogen-bond donors (Lipinski definition) is 2. The molecule has 4 amide bonds. The molecule has 0 bridgehead atoms. The van der Waals surface area contributed by atoms with Gasteiger partial charge >= 0.3 is 6.03 Å². The number of hydrogen-bond acceptors (Lipinski definition) is 7. The van der Waals surface area contributed by atoms with Crippen LogP contribution < -0.4 is 29.6 Å². The lowest BCUT2D eigenvalue weighted by atomic mass is 9.92. The average Bonchev–Trinajstić information content (AvgIpc) is 3.22. The van der Waals surface area contributed by atoms with Gasteiger partial charge in [0, 0.05) is 24.6 Å². The number of carbonyl (C=O) groups is 3. The number of rotatable bonds is 5. The Morgan fingerprint density at radius 1 is 1.00 bits per heavy atom. The van der Waals surface area contributed by atoms with Gasteiger partial charge in [0.1, 0.15) is 12.1 Å². The van der Waals surface area contributed by atoms with E-state index >= 15 is 0 Å². The molecule has 3 heterocycles. The van der Waals surface area contributed by atoms with E-state index in [4.69, 9.17) is 18.9 Å². The largest absolute Gasteiger partial charge is 0.490 e. The molecule has 1 saturated heterocycles. The van der Waals surface area contributed by atoms with E-state index in [1.807, 2.05) is 6.07 Å². The normalized spacial score (nSPS) is 20.9. The Kier molecular flexibility index (Phi) is 5.20. The van der Waals surface area contributed by atoms with Crippen molar-refractivity contribution in [1.29, 1.82) is 0 Å². The number of imide groups is 1. The second-order valence-electron chi connectivity index (χ2n) is 8.28. The summed E-state index contributed by atoms with van der Waals surface area (Å²) in [7, 11) is 0. The van der Waals surface area contributed by atoms with Crippen LogP contribution in [0, 0.1) is 0 Å². The number of urea groups is 1. The van der Waals surface area contributed by atoms with Gasteiger partial charge < -0.3 is 29.6 Å². The molecule has 0 aliphatic carbocycles. The van der Waals surface area contributed by atoms with E-state index in [2.05, 4.69) is 10.6 Å². The van der Waals surface area contributed by atoms with Gasteiger partial charge in [-0.05, 0) is 36.8 Å². The Balaban J connectivity index is 1.24. The van der Waals surface area contributed by atoms with Gasteiger partial charge in [-0.2, -0.15) is 0 Å². The van der Waals surface area contributed by atoms with E-state index in [1.165, 1.54) is 0 Å². The molecule has 3 aliphatic rings. The summed E-state index contributed by atoms with van der Waals surface area (Å²) in [5, 5.41) is 5.42. The lowest BCUT2D eigenvalue weighted by Gasteiger charge is -2.22. The highest BCUT2D eigenvalue weighted by atomic mass is 16.7. The highest BCUT2D eigenvalue weighted by molar-refractivity contribution is 6.10. The SMILES string of the molecule is C[C@]1(Cc2ccc3c(c2)OCO3)NC(=O)N(CC(=O)Nc2ccc3c(c2)OCCCO3)C1=O. The van der Waals surface area contributed by atoms with Crippen LogP contribution in [0.25, 0.3) is 0 Å². The van der Waals surface area contributed by atoms with Crippen molar-refractivity contribution >= 4 is 23.5 Å². The van der Waals surface area contributed by atoms with Gasteiger partial charge in [-0.1, -0.05) is 6.07 Å². The fourth-order valence-electron chi connectivity index (χ4n) is 4.05. The number of ether oxygens (including phenoxy) is 4. The summed E-state index contributed by atoms with van der Waals surface area (Å²) in [6.45, 7) is 2.47. The number of benzene rings is 2. The van der Waals surface area contributed by atoms with Crippen molar-refractivity contribution < 1.29 is 33.3 Å². The van der Waals surface area contributed by atoms with Crippen LogP contribution >= 0.6 is 0 Å². The van der Waals surface area contributed by atoms with Gasteiger partial charge in [-0.3, -0.25) is 14.5 Å². The van der Waals surface area contributed by atoms with Crippen LogP contribution in [0.1, 0.15) is 18.9 Å². The minimum absolute atomic E-state index is 0.151. The first-order valence-electron chi connectivity index (χ1n) is 10.6. The molecule has 2 aromatic carbocycles. The van der Waals surface area contributed by atoms with Crippen LogP contribution in [0.2, 0.25) is 0 Å². The zero-order chi connectivity index (χ0) is 23.0. The quantitative estimate of drug-likeness (QED) is 0.666. The Hall–Kier alpha value is -3.95. The average molecular weight is 453 g/mol. The van der Waals surface area contributed by atoms with Crippen molar-refractivity contribution in [2.45, 2.75) is 25.3 Å². The van der Waals surface area contributed by atoms with Crippen LogP contribution in [-0.4, -0.2) is 54.8 Å². The molecule has 2 N–H and O–H groups in total. The predicted molar refractivity (Wildman–Crippen MR) is 116 cm³/mol. The standard InChI is InChI=1S/C23H23N3O7/c1-23(11-14-3-5-17-18(9-14)33-13-32-17)21(28)26(22(29)25-23)12-20(27)24-15-4-6-16-19(10-15)31-8-2-7-30-16/h3-6,9-10H,2,7-8,11-13H2,1H3,(H,24,27)(H,25,29)/t23-/m1/s1. The molecule has 10 heteroatoms. The maximum Gasteiger partial charge on any atom is 0.325 e. The lowest BCUT2D eigenvalue weighted by molar-refractivity contribution is -0.133. The zero-order valence-corrected chi connectivity index (χ0v) is 18.0. The third-order valence-corrected chi connectivity index (χ3v) is 5.67. The fourth-order valence-corrected chi connectivity index (χ4v) is 4.05. The Morgan fingerprint density at radius 2 is 1.70 bits per heavy atom. The van der Waals surface area contributed by atoms with Crippen molar-refractivity contribution in [3.05, 3.63) is 42.0 Å². The summed E-state index contributed by atoms with van der Waals surface area (Å²) in [4.78, 5) is 39.1. The summed E-state index contributed by atoms with van der Waals surface area (Å²) < 4.78 is 21.9.